The number of benzene rings is 1. The van der Waals surface area contributed by atoms with Gasteiger partial charge < -0.3 is 19.4 Å². The Morgan fingerprint density at radius 3 is 2.40 bits per heavy atom. The van der Waals surface area contributed by atoms with Crippen LogP contribution in [0, 0.1) is 5.92 Å². The molecule has 2 aliphatic heterocycles. The van der Waals surface area contributed by atoms with E-state index in [4.69, 9.17) is 14.7 Å². The summed E-state index contributed by atoms with van der Waals surface area (Å²) >= 11 is 0. The third-order valence-corrected chi connectivity index (χ3v) is 7.80. The van der Waals surface area contributed by atoms with Gasteiger partial charge >= 0.3 is 0 Å². The number of carbonyl (C=O) groups is 1. The molecule has 0 saturated carbocycles. The van der Waals surface area contributed by atoms with Crippen molar-refractivity contribution in [2.75, 3.05) is 60.0 Å². The number of aromatic nitrogens is 2. The van der Waals surface area contributed by atoms with E-state index in [9.17, 15) is 4.79 Å². The van der Waals surface area contributed by atoms with Crippen molar-refractivity contribution in [3.63, 3.8) is 0 Å². The molecule has 0 bridgehead atoms. The number of methoxy groups -OCH3 is 1. The summed E-state index contributed by atoms with van der Waals surface area (Å²) < 4.78 is 5.55. The lowest BCUT2D eigenvalue weighted by Crippen LogP contribution is -2.47. The number of hydrogen-bond acceptors (Lipinski definition) is 6. The lowest BCUT2D eigenvalue weighted by atomic mass is 9.71. The highest BCUT2D eigenvalue weighted by atomic mass is 16.5. The maximum atomic E-state index is 13.0. The summed E-state index contributed by atoms with van der Waals surface area (Å²) in [7, 11) is 3.80. The van der Waals surface area contributed by atoms with Crippen molar-refractivity contribution in [3.8, 4) is 5.75 Å². The van der Waals surface area contributed by atoms with Gasteiger partial charge in [0, 0.05) is 45.1 Å². The van der Waals surface area contributed by atoms with Gasteiger partial charge in [0.25, 0.3) is 5.91 Å². The Kier molecular flexibility index (Phi) is 8.39. The summed E-state index contributed by atoms with van der Waals surface area (Å²) in [5.74, 6) is 2.39. The van der Waals surface area contributed by atoms with Crippen LogP contribution in [0.5, 0.6) is 5.75 Å². The van der Waals surface area contributed by atoms with Crippen LogP contribution >= 0.6 is 0 Å². The second-order valence-corrected chi connectivity index (χ2v) is 10.4. The van der Waals surface area contributed by atoms with Crippen LogP contribution in [-0.4, -0.2) is 90.5 Å². The van der Waals surface area contributed by atoms with Crippen molar-refractivity contribution in [2.24, 2.45) is 5.92 Å². The Bertz CT molecular complexity index is 964. The lowest BCUT2D eigenvalue weighted by Gasteiger charge is -2.42. The first kappa shape index (κ1) is 25.6. The van der Waals surface area contributed by atoms with Crippen molar-refractivity contribution in [2.45, 2.75) is 44.9 Å². The summed E-state index contributed by atoms with van der Waals surface area (Å²) in [5.41, 5.74) is 1.48. The van der Waals surface area contributed by atoms with Gasteiger partial charge in [-0.3, -0.25) is 4.79 Å². The Labute approximate surface area is 210 Å². The van der Waals surface area contributed by atoms with Gasteiger partial charge in [-0.15, -0.1) is 0 Å². The van der Waals surface area contributed by atoms with E-state index in [-0.39, 0.29) is 11.3 Å². The van der Waals surface area contributed by atoms with E-state index in [2.05, 4.69) is 48.9 Å². The fourth-order valence-electron chi connectivity index (χ4n) is 5.58. The van der Waals surface area contributed by atoms with Crippen LogP contribution in [0.1, 0.15) is 61.3 Å². The first-order valence-electron chi connectivity index (χ1n) is 13.1. The number of piperidine rings is 1. The van der Waals surface area contributed by atoms with E-state index in [0.717, 1.165) is 70.2 Å². The number of ether oxygens (including phenoxy) is 1. The molecule has 7 nitrogen and oxygen atoms in total. The molecule has 0 N–H and O–H groups in total. The van der Waals surface area contributed by atoms with E-state index in [1.54, 1.807) is 19.5 Å². The molecule has 190 valence electrons. The minimum atomic E-state index is -0.283. The number of piperazine rings is 1. The van der Waals surface area contributed by atoms with Crippen LogP contribution < -0.4 is 4.74 Å². The Balaban J connectivity index is 1.57. The predicted octanol–water partition coefficient (Wildman–Crippen LogP) is 3.69. The van der Waals surface area contributed by atoms with Crippen LogP contribution in [0.4, 0.5) is 0 Å². The molecule has 0 spiro atoms. The third kappa shape index (κ3) is 5.84. The standard InChI is InChI=1S/C28H41N5O2/c1-5-7-22(2)21-32-12-10-28(11-13-32,24-8-6-9-25(18-24)35-4)27-29-19-23(20-30-27)26(34)33-16-14-31(3)15-17-33/h6,8-9,18-20,22H,5,7,10-17,21H2,1-4H3. The fourth-order valence-corrected chi connectivity index (χ4v) is 5.58. The molecule has 4 rings (SSSR count). The first-order valence-corrected chi connectivity index (χ1v) is 13.1. The number of hydrogen-bond donors (Lipinski definition) is 0. The Hall–Kier alpha value is -2.51. The molecular weight excluding hydrogens is 438 g/mol. The van der Waals surface area contributed by atoms with E-state index in [0.29, 0.717) is 11.5 Å². The van der Waals surface area contributed by atoms with Crippen molar-refractivity contribution in [1.82, 2.24) is 24.7 Å². The minimum Gasteiger partial charge on any atom is -0.497 e. The summed E-state index contributed by atoms with van der Waals surface area (Å²) in [4.78, 5) is 29.4. The zero-order valence-electron chi connectivity index (χ0n) is 21.9. The summed E-state index contributed by atoms with van der Waals surface area (Å²) in [6, 6.07) is 8.33. The molecule has 2 aromatic rings. The van der Waals surface area contributed by atoms with Crippen LogP contribution in [0.25, 0.3) is 0 Å². The van der Waals surface area contributed by atoms with Gasteiger partial charge in [0.2, 0.25) is 0 Å². The highest BCUT2D eigenvalue weighted by molar-refractivity contribution is 5.93. The quantitative estimate of drug-likeness (QED) is 0.576. The lowest BCUT2D eigenvalue weighted by molar-refractivity contribution is 0.0663. The molecule has 1 aromatic heterocycles. The van der Waals surface area contributed by atoms with Crippen molar-refractivity contribution in [1.29, 1.82) is 0 Å². The van der Waals surface area contributed by atoms with Gasteiger partial charge in [0.1, 0.15) is 11.6 Å². The zero-order chi connectivity index (χ0) is 24.8. The summed E-state index contributed by atoms with van der Waals surface area (Å²) in [6.07, 6.45) is 7.87. The van der Waals surface area contributed by atoms with Crippen molar-refractivity contribution < 1.29 is 9.53 Å². The largest absolute Gasteiger partial charge is 0.497 e. The average Bonchev–Trinajstić information content (AvgIpc) is 2.89. The van der Waals surface area contributed by atoms with Crippen LogP contribution in [-0.2, 0) is 5.41 Å². The fraction of sp³-hybridized carbons (Fsp3) is 0.607. The third-order valence-electron chi connectivity index (χ3n) is 7.80. The second kappa shape index (κ2) is 11.5. The van der Waals surface area contributed by atoms with Gasteiger partial charge in [0.15, 0.2) is 0 Å². The average molecular weight is 480 g/mol. The van der Waals surface area contributed by atoms with E-state index in [1.165, 1.54) is 18.4 Å². The van der Waals surface area contributed by atoms with Crippen molar-refractivity contribution >= 4 is 5.91 Å². The number of likely N-dealkylation sites (tertiary alicyclic amines) is 1. The monoisotopic (exact) mass is 479 g/mol. The van der Waals surface area contributed by atoms with Crippen LogP contribution in [0.15, 0.2) is 36.7 Å². The van der Waals surface area contributed by atoms with E-state index in [1.807, 2.05) is 11.0 Å². The number of nitrogens with zero attached hydrogens (tertiary/aromatic N) is 5. The topological polar surface area (TPSA) is 61.8 Å². The molecular formula is C28H41N5O2. The molecule has 2 saturated heterocycles. The number of carbonyl (C=O) groups excluding carboxylic acids is 1. The zero-order valence-corrected chi connectivity index (χ0v) is 21.9. The Morgan fingerprint density at radius 2 is 1.77 bits per heavy atom. The molecule has 7 heteroatoms. The van der Waals surface area contributed by atoms with Crippen LogP contribution in [0.2, 0.25) is 0 Å². The smallest absolute Gasteiger partial charge is 0.257 e. The molecule has 0 radical (unpaired) electrons. The van der Waals surface area contributed by atoms with Gasteiger partial charge in [-0.25, -0.2) is 9.97 Å². The normalized spacial score (nSPS) is 19.9. The van der Waals surface area contributed by atoms with E-state index >= 15 is 0 Å². The number of rotatable bonds is 8. The molecule has 2 aliphatic rings. The van der Waals surface area contributed by atoms with Gasteiger partial charge in [-0.05, 0) is 63.0 Å². The molecule has 1 atom stereocenters. The molecule has 0 aliphatic carbocycles. The van der Waals surface area contributed by atoms with Crippen LogP contribution in [0.3, 0.4) is 0 Å². The SMILES string of the molecule is CCCC(C)CN1CCC(c2cccc(OC)c2)(c2ncc(C(=O)N3CCN(C)CC3)cn2)CC1. The summed E-state index contributed by atoms with van der Waals surface area (Å²) in [5, 5.41) is 0. The number of amides is 1. The molecule has 1 amide bonds. The maximum absolute atomic E-state index is 13.0. The highest BCUT2D eigenvalue weighted by Gasteiger charge is 2.41. The molecule has 35 heavy (non-hydrogen) atoms. The first-order chi connectivity index (χ1) is 16.9. The highest BCUT2D eigenvalue weighted by Crippen LogP contribution is 2.41. The number of likely N-dealkylation sites (N-methyl/N-ethyl adjacent to an activating group) is 1. The maximum Gasteiger partial charge on any atom is 0.257 e. The van der Waals surface area contributed by atoms with Gasteiger partial charge in [-0.1, -0.05) is 32.4 Å². The molecule has 1 aromatic carbocycles. The van der Waals surface area contributed by atoms with Gasteiger partial charge in [0.05, 0.1) is 18.1 Å². The summed E-state index contributed by atoms with van der Waals surface area (Å²) in [6.45, 7) is 11.1. The second-order valence-electron chi connectivity index (χ2n) is 10.4. The molecule has 1 unspecified atom stereocenters. The predicted molar refractivity (Wildman–Crippen MR) is 139 cm³/mol. The minimum absolute atomic E-state index is 0.0276. The van der Waals surface area contributed by atoms with Crippen molar-refractivity contribution in [3.05, 3.63) is 53.6 Å². The Morgan fingerprint density at radius 1 is 1.09 bits per heavy atom. The molecule has 2 fully saturated rings. The van der Waals surface area contributed by atoms with E-state index < -0.39 is 0 Å². The van der Waals surface area contributed by atoms with Gasteiger partial charge in [-0.2, -0.15) is 0 Å². The molecule has 3 heterocycles.